The number of rotatable bonds is 5. The number of aromatic nitrogens is 4. The number of anilines is 1. The van der Waals surface area contributed by atoms with Crippen LogP contribution in [0, 0.1) is 0 Å². The second-order valence-corrected chi connectivity index (χ2v) is 6.54. The number of nitrogens with zero attached hydrogens (tertiary/aromatic N) is 5. The summed E-state index contributed by atoms with van der Waals surface area (Å²) in [7, 11) is 1.60. The van der Waals surface area contributed by atoms with E-state index in [0.717, 1.165) is 48.4 Å². The molecule has 0 saturated carbocycles. The van der Waals surface area contributed by atoms with Crippen molar-refractivity contribution in [3.63, 3.8) is 0 Å². The molecule has 1 saturated heterocycles. The van der Waals surface area contributed by atoms with E-state index in [9.17, 15) is 5.11 Å². The lowest BCUT2D eigenvalue weighted by molar-refractivity contribution is 0.262. The molecule has 1 aliphatic rings. The second kappa shape index (κ2) is 7.29. The Morgan fingerprint density at radius 3 is 2.88 bits per heavy atom. The predicted octanol–water partition coefficient (Wildman–Crippen LogP) is 2.54. The summed E-state index contributed by atoms with van der Waals surface area (Å²) in [6, 6.07) is 6.15. The highest BCUT2D eigenvalue weighted by Gasteiger charge is 2.25. The van der Waals surface area contributed by atoms with Gasteiger partial charge < -0.3 is 14.7 Å². The number of fused-ring (bicyclic) bond motifs is 1. The Labute approximate surface area is 152 Å². The molecule has 1 unspecified atom stereocenters. The lowest BCUT2D eigenvalue weighted by atomic mass is 10.00. The number of hydrogen-bond donors (Lipinski definition) is 1. The summed E-state index contributed by atoms with van der Waals surface area (Å²) in [5.74, 6) is 1.61. The van der Waals surface area contributed by atoms with Crippen molar-refractivity contribution in [2.75, 3.05) is 25.2 Å². The van der Waals surface area contributed by atoms with Crippen molar-refractivity contribution >= 4 is 11.5 Å². The summed E-state index contributed by atoms with van der Waals surface area (Å²) < 4.78 is 7.03. The summed E-state index contributed by atoms with van der Waals surface area (Å²) in [6.07, 6.45) is 9.68. The van der Waals surface area contributed by atoms with Crippen LogP contribution in [-0.4, -0.2) is 51.0 Å². The molecule has 26 heavy (non-hydrogen) atoms. The zero-order valence-electron chi connectivity index (χ0n) is 14.9. The maximum atomic E-state index is 9.41. The molecular weight excluding hydrogens is 330 g/mol. The highest BCUT2D eigenvalue weighted by atomic mass is 16.5. The van der Waals surface area contributed by atoms with Gasteiger partial charge in [0.05, 0.1) is 13.3 Å². The maximum absolute atomic E-state index is 9.41. The monoisotopic (exact) mass is 353 g/mol. The zero-order chi connectivity index (χ0) is 17.9. The van der Waals surface area contributed by atoms with Gasteiger partial charge in [0.15, 0.2) is 5.65 Å². The first-order valence-corrected chi connectivity index (χ1v) is 9.02. The van der Waals surface area contributed by atoms with E-state index < -0.39 is 0 Å². The average molecular weight is 353 g/mol. The van der Waals surface area contributed by atoms with Crippen molar-refractivity contribution in [3.8, 4) is 17.0 Å². The molecule has 0 bridgehead atoms. The van der Waals surface area contributed by atoms with Crippen LogP contribution >= 0.6 is 0 Å². The fourth-order valence-corrected chi connectivity index (χ4v) is 3.71. The molecule has 0 aliphatic carbocycles. The van der Waals surface area contributed by atoms with Crippen molar-refractivity contribution in [2.45, 2.75) is 31.7 Å². The van der Waals surface area contributed by atoms with E-state index in [1.165, 1.54) is 6.42 Å². The van der Waals surface area contributed by atoms with Gasteiger partial charge in [-0.25, -0.2) is 9.97 Å². The molecule has 1 aliphatic heterocycles. The van der Waals surface area contributed by atoms with Crippen molar-refractivity contribution < 1.29 is 9.84 Å². The van der Waals surface area contributed by atoms with Gasteiger partial charge in [-0.2, -0.15) is 9.61 Å². The minimum absolute atomic E-state index is 0.206. The maximum Gasteiger partial charge on any atom is 0.212 e. The summed E-state index contributed by atoms with van der Waals surface area (Å²) >= 11 is 0. The summed E-state index contributed by atoms with van der Waals surface area (Å²) in [4.78, 5) is 11.2. The normalized spacial score (nSPS) is 17.6. The molecule has 3 aromatic heterocycles. The molecule has 7 heteroatoms. The van der Waals surface area contributed by atoms with Crippen LogP contribution < -0.4 is 9.64 Å². The van der Waals surface area contributed by atoms with Crippen molar-refractivity contribution in [1.82, 2.24) is 19.6 Å². The predicted molar refractivity (Wildman–Crippen MR) is 99.5 cm³/mol. The molecule has 3 aromatic rings. The van der Waals surface area contributed by atoms with E-state index in [1.54, 1.807) is 13.3 Å². The minimum Gasteiger partial charge on any atom is -0.481 e. The Balaban J connectivity index is 1.74. The van der Waals surface area contributed by atoms with Crippen LogP contribution in [-0.2, 0) is 0 Å². The van der Waals surface area contributed by atoms with Crippen LogP contribution in [0.3, 0.4) is 0 Å². The fraction of sp³-hybridized carbons (Fsp3) is 0.421. The largest absolute Gasteiger partial charge is 0.481 e. The Kier molecular flexibility index (Phi) is 4.71. The van der Waals surface area contributed by atoms with Crippen LogP contribution in [0.2, 0.25) is 0 Å². The minimum atomic E-state index is 0.206. The van der Waals surface area contributed by atoms with Crippen LogP contribution in [0.4, 0.5) is 5.82 Å². The number of aliphatic hydroxyl groups is 1. The lowest BCUT2D eigenvalue weighted by Crippen LogP contribution is -2.41. The number of aliphatic hydroxyl groups excluding tert-OH is 1. The Hall–Kier alpha value is -2.67. The SMILES string of the molecule is COc1ccc(-c2cnn3c(N4CCCCC4CCO)ccnc23)cn1. The number of ether oxygens (including phenoxy) is 1. The Morgan fingerprint density at radius 1 is 1.19 bits per heavy atom. The fourth-order valence-electron chi connectivity index (χ4n) is 3.71. The van der Waals surface area contributed by atoms with Gasteiger partial charge in [-0.1, -0.05) is 0 Å². The number of hydrogen-bond acceptors (Lipinski definition) is 6. The molecule has 1 fully saturated rings. The van der Waals surface area contributed by atoms with Gasteiger partial charge in [0.1, 0.15) is 5.82 Å². The topological polar surface area (TPSA) is 75.8 Å². The first-order chi connectivity index (χ1) is 12.8. The first kappa shape index (κ1) is 16.8. The molecule has 4 rings (SSSR count). The van der Waals surface area contributed by atoms with Crippen LogP contribution in [0.1, 0.15) is 25.7 Å². The van der Waals surface area contributed by atoms with Crippen LogP contribution in [0.5, 0.6) is 5.88 Å². The molecule has 1 atom stereocenters. The number of methoxy groups -OCH3 is 1. The van der Waals surface area contributed by atoms with Crippen molar-refractivity contribution in [3.05, 3.63) is 36.8 Å². The third-order valence-electron chi connectivity index (χ3n) is 5.02. The second-order valence-electron chi connectivity index (χ2n) is 6.54. The average Bonchev–Trinajstić information content (AvgIpc) is 3.13. The number of piperidine rings is 1. The molecule has 4 heterocycles. The first-order valence-electron chi connectivity index (χ1n) is 9.02. The van der Waals surface area contributed by atoms with E-state index in [2.05, 4.69) is 20.0 Å². The zero-order valence-corrected chi connectivity index (χ0v) is 14.9. The highest BCUT2D eigenvalue weighted by Crippen LogP contribution is 2.30. The highest BCUT2D eigenvalue weighted by molar-refractivity contribution is 5.77. The van der Waals surface area contributed by atoms with Gasteiger partial charge >= 0.3 is 0 Å². The molecule has 0 radical (unpaired) electrons. The summed E-state index contributed by atoms with van der Waals surface area (Å²) in [6.45, 7) is 1.18. The molecule has 0 spiro atoms. The van der Waals surface area contributed by atoms with Crippen molar-refractivity contribution in [1.29, 1.82) is 0 Å². The molecule has 7 nitrogen and oxygen atoms in total. The van der Waals surface area contributed by atoms with Crippen molar-refractivity contribution in [2.24, 2.45) is 0 Å². The smallest absolute Gasteiger partial charge is 0.212 e. The molecule has 136 valence electrons. The molecular formula is C19H23N5O2. The lowest BCUT2D eigenvalue weighted by Gasteiger charge is -2.37. The number of pyridine rings is 1. The van der Waals surface area contributed by atoms with E-state index in [-0.39, 0.29) is 6.61 Å². The van der Waals surface area contributed by atoms with Gasteiger partial charge in [-0.15, -0.1) is 0 Å². The standard InChI is InChI=1S/C19H23N5O2/c1-26-17-6-5-14(12-21-17)16-13-22-24-18(7-9-20-19(16)24)23-10-3-2-4-15(23)8-11-25/h5-7,9,12-13,15,25H,2-4,8,10-11H2,1H3. The molecule has 0 amide bonds. The van der Waals surface area contributed by atoms with Gasteiger partial charge in [0.2, 0.25) is 5.88 Å². The third-order valence-corrected chi connectivity index (χ3v) is 5.02. The molecule has 0 aromatic carbocycles. The third kappa shape index (κ3) is 2.99. The van der Waals surface area contributed by atoms with E-state index >= 15 is 0 Å². The van der Waals surface area contributed by atoms with Gasteiger partial charge in [-0.3, -0.25) is 0 Å². The van der Waals surface area contributed by atoms with E-state index in [0.29, 0.717) is 11.9 Å². The van der Waals surface area contributed by atoms with Gasteiger partial charge in [0.25, 0.3) is 0 Å². The summed E-state index contributed by atoms with van der Waals surface area (Å²) in [5.41, 5.74) is 2.71. The van der Waals surface area contributed by atoms with Gasteiger partial charge in [0, 0.05) is 48.8 Å². The van der Waals surface area contributed by atoms with Crippen LogP contribution in [0.15, 0.2) is 36.8 Å². The van der Waals surface area contributed by atoms with E-state index in [4.69, 9.17) is 4.74 Å². The Morgan fingerprint density at radius 2 is 2.12 bits per heavy atom. The quantitative estimate of drug-likeness (QED) is 0.760. The summed E-state index contributed by atoms with van der Waals surface area (Å²) in [5, 5.41) is 14.0. The van der Waals surface area contributed by atoms with Crippen LogP contribution in [0.25, 0.3) is 16.8 Å². The van der Waals surface area contributed by atoms with E-state index in [1.807, 2.05) is 35.1 Å². The van der Waals surface area contributed by atoms with Gasteiger partial charge in [-0.05, 0) is 37.8 Å². The molecule has 1 N–H and O–H groups in total. The Bertz CT molecular complexity index is 875.